The second-order valence-electron chi connectivity index (χ2n) is 8.19. The van der Waals surface area contributed by atoms with Gasteiger partial charge in [-0.2, -0.15) is 5.10 Å². The van der Waals surface area contributed by atoms with Crippen LogP contribution >= 0.6 is 22.6 Å². The van der Waals surface area contributed by atoms with Gasteiger partial charge < -0.3 is 0 Å². The summed E-state index contributed by atoms with van der Waals surface area (Å²) in [6, 6.07) is 35.9. The maximum absolute atomic E-state index is 5.09. The molecule has 0 amide bonds. The highest BCUT2D eigenvalue weighted by Crippen LogP contribution is 2.38. The van der Waals surface area contributed by atoms with E-state index in [-0.39, 0.29) is 6.04 Å². The van der Waals surface area contributed by atoms with Gasteiger partial charge >= 0.3 is 0 Å². The molecule has 0 saturated heterocycles. The fourth-order valence-electron chi connectivity index (χ4n) is 4.06. The fraction of sp³-hybridized carbons (Fsp3) is 0.103. The highest BCUT2D eigenvalue weighted by atomic mass is 127. The maximum atomic E-state index is 5.09. The summed E-state index contributed by atoms with van der Waals surface area (Å²) in [6.07, 6.45) is 2.76. The highest BCUT2D eigenvalue weighted by Gasteiger charge is 2.31. The highest BCUT2D eigenvalue weighted by molar-refractivity contribution is 14.1. The molecule has 5 rings (SSSR count). The van der Waals surface area contributed by atoms with Crippen molar-refractivity contribution >= 4 is 45.9 Å². The topological polar surface area (TPSA) is 28.0 Å². The second kappa shape index (κ2) is 9.71. The SMILES string of the molecule is Cc1ccc(C=Nc2cccc(C3=NN(c4ccccc4)C(c4ccccc4I)C3)c2)cc1. The summed E-state index contributed by atoms with van der Waals surface area (Å²) in [5.41, 5.74) is 7.87. The molecule has 1 unspecified atom stereocenters. The van der Waals surface area contributed by atoms with E-state index in [1.807, 2.05) is 18.3 Å². The molecule has 4 aromatic rings. The average molecular weight is 541 g/mol. The number of hydrazone groups is 1. The lowest BCUT2D eigenvalue weighted by atomic mass is 9.98. The van der Waals surface area contributed by atoms with Gasteiger partial charge in [-0.3, -0.25) is 10.0 Å². The first-order valence-electron chi connectivity index (χ1n) is 11.0. The quantitative estimate of drug-likeness (QED) is 0.188. The summed E-state index contributed by atoms with van der Waals surface area (Å²) < 4.78 is 1.26. The lowest BCUT2D eigenvalue weighted by molar-refractivity contribution is 0.705. The van der Waals surface area contributed by atoms with Crippen molar-refractivity contribution in [2.45, 2.75) is 19.4 Å². The number of rotatable bonds is 5. The summed E-state index contributed by atoms with van der Waals surface area (Å²) in [6.45, 7) is 2.09. The predicted molar refractivity (Wildman–Crippen MR) is 147 cm³/mol. The summed E-state index contributed by atoms with van der Waals surface area (Å²) in [7, 11) is 0. The number of hydrogen-bond acceptors (Lipinski definition) is 3. The van der Waals surface area contributed by atoms with Gasteiger partial charge in [0.1, 0.15) is 0 Å². The molecule has 0 N–H and O–H groups in total. The van der Waals surface area contributed by atoms with Crippen LogP contribution in [0.1, 0.15) is 34.7 Å². The van der Waals surface area contributed by atoms with Crippen LogP contribution in [0.25, 0.3) is 0 Å². The van der Waals surface area contributed by atoms with Crippen molar-refractivity contribution in [2.24, 2.45) is 10.1 Å². The van der Waals surface area contributed by atoms with Gasteiger partial charge in [0.15, 0.2) is 0 Å². The Balaban J connectivity index is 1.47. The van der Waals surface area contributed by atoms with Crippen LogP contribution in [0.4, 0.5) is 11.4 Å². The Kier molecular flexibility index (Phi) is 6.35. The normalized spacial score (nSPS) is 15.8. The number of aryl methyl sites for hydroxylation is 1. The van der Waals surface area contributed by atoms with E-state index in [4.69, 9.17) is 10.1 Å². The molecule has 1 aliphatic rings. The predicted octanol–water partition coefficient (Wildman–Crippen LogP) is 7.71. The van der Waals surface area contributed by atoms with Crippen LogP contribution in [0.5, 0.6) is 0 Å². The van der Waals surface area contributed by atoms with E-state index in [9.17, 15) is 0 Å². The van der Waals surface area contributed by atoms with Gasteiger partial charge in [-0.15, -0.1) is 0 Å². The molecule has 3 nitrogen and oxygen atoms in total. The zero-order valence-electron chi connectivity index (χ0n) is 18.4. The number of benzene rings is 4. The number of nitrogens with zero attached hydrogens (tertiary/aromatic N) is 3. The first-order chi connectivity index (χ1) is 16.2. The molecule has 4 heteroatoms. The Morgan fingerprint density at radius 3 is 2.42 bits per heavy atom. The fourth-order valence-corrected chi connectivity index (χ4v) is 4.81. The smallest absolute Gasteiger partial charge is 0.0842 e. The molecule has 33 heavy (non-hydrogen) atoms. The third kappa shape index (κ3) is 4.91. The van der Waals surface area contributed by atoms with Crippen molar-refractivity contribution in [1.29, 1.82) is 0 Å². The Hall–Kier alpha value is -3.25. The van der Waals surface area contributed by atoms with Gasteiger partial charge in [0, 0.05) is 16.2 Å². The van der Waals surface area contributed by atoms with Crippen molar-refractivity contribution in [1.82, 2.24) is 0 Å². The number of para-hydroxylation sites is 1. The number of hydrogen-bond donors (Lipinski definition) is 0. The van der Waals surface area contributed by atoms with Crippen LogP contribution in [-0.2, 0) is 0 Å². The van der Waals surface area contributed by atoms with Crippen LogP contribution in [0.2, 0.25) is 0 Å². The third-order valence-electron chi connectivity index (χ3n) is 5.81. The average Bonchev–Trinajstić information content (AvgIpc) is 3.30. The summed E-state index contributed by atoms with van der Waals surface area (Å²) in [5.74, 6) is 0. The molecule has 0 fully saturated rings. The molecule has 1 atom stereocenters. The van der Waals surface area contributed by atoms with E-state index in [2.05, 4.69) is 126 Å². The maximum Gasteiger partial charge on any atom is 0.0842 e. The van der Waals surface area contributed by atoms with Gasteiger partial charge in [-0.1, -0.05) is 78.4 Å². The van der Waals surface area contributed by atoms with Crippen molar-refractivity contribution in [3.8, 4) is 0 Å². The zero-order valence-corrected chi connectivity index (χ0v) is 20.6. The minimum absolute atomic E-state index is 0.162. The molecule has 162 valence electrons. The van der Waals surface area contributed by atoms with E-state index >= 15 is 0 Å². The molecule has 1 heterocycles. The van der Waals surface area contributed by atoms with Crippen molar-refractivity contribution < 1.29 is 0 Å². The van der Waals surface area contributed by atoms with Crippen LogP contribution in [0.3, 0.4) is 0 Å². The van der Waals surface area contributed by atoms with Gasteiger partial charge in [0.05, 0.1) is 23.1 Å². The van der Waals surface area contributed by atoms with E-state index in [1.54, 1.807) is 0 Å². The number of anilines is 1. The summed E-state index contributed by atoms with van der Waals surface area (Å²) >= 11 is 2.43. The lowest BCUT2D eigenvalue weighted by Gasteiger charge is -2.24. The third-order valence-corrected chi connectivity index (χ3v) is 6.80. The van der Waals surface area contributed by atoms with E-state index in [0.29, 0.717) is 0 Å². The Morgan fingerprint density at radius 2 is 1.64 bits per heavy atom. The molecule has 0 aliphatic carbocycles. The van der Waals surface area contributed by atoms with Crippen molar-refractivity contribution in [3.05, 3.63) is 129 Å². The van der Waals surface area contributed by atoms with Gasteiger partial charge in [0.2, 0.25) is 0 Å². The minimum Gasteiger partial charge on any atom is -0.257 e. The molecule has 4 aromatic carbocycles. The van der Waals surface area contributed by atoms with E-state index in [1.165, 1.54) is 14.7 Å². The van der Waals surface area contributed by atoms with Crippen LogP contribution in [-0.4, -0.2) is 11.9 Å². The molecule has 0 radical (unpaired) electrons. The van der Waals surface area contributed by atoms with E-state index in [0.717, 1.165) is 34.6 Å². The Morgan fingerprint density at radius 1 is 0.879 bits per heavy atom. The van der Waals surface area contributed by atoms with Gasteiger partial charge in [-0.05, 0) is 76.5 Å². The minimum atomic E-state index is 0.162. The Bertz CT molecular complexity index is 1310. The molecule has 0 spiro atoms. The first kappa shape index (κ1) is 21.6. The molecule has 0 saturated carbocycles. The Labute approximate surface area is 208 Å². The van der Waals surface area contributed by atoms with Gasteiger partial charge in [0.25, 0.3) is 0 Å². The zero-order chi connectivity index (χ0) is 22.6. The standard InChI is InChI=1S/C29H24IN3/c1-21-14-16-22(17-15-21)20-31-24-9-7-8-23(18-24)28-19-29(26-12-5-6-13-27(26)30)33(32-28)25-10-3-2-4-11-25/h2-18,20,29H,19H2,1H3. The van der Waals surface area contributed by atoms with Crippen LogP contribution in [0.15, 0.2) is 113 Å². The lowest BCUT2D eigenvalue weighted by Crippen LogP contribution is -2.19. The van der Waals surface area contributed by atoms with Gasteiger partial charge in [-0.25, -0.2) is 0 Å². The van der Waals surface area contributed by atoms with Crippen molar-refractivity contribution in [3.63, 3.8) is 0 Å². The summed E-state index contributed by atoms with van der Waals surface area (Å²) in [5, 5.41) is 7.25. The molecular weight excluding hydrogens is 517 g/mol. The summed E-state index contributed by atoms with van der Waals surface area (Å²) in [4.78, 5) is 4.71. The number of halogens is 1. The largest absolute Gasteiger partial charge is 0.257 e. The molecule has 1 aliphatic heterocycles. The molecular formula is C29H24IN3. The van der Waals surface area contributed by atoms with Crippen LogP contribution < -0.4 is 5.01 Å². The molecule has 0 aromatic heterocycles. The first-order valence-corrected chi connectivity index (χ1v) is 12.1. The molecule has 0 bridgehead atoms. The van der Waals surface area contributed by atoms with E-state index < -0.39 is 0 Å². The number of aliphatic imine (C=N–C) groups is 1. The second-order valence-corrected chi connectivity index (χ2v) is 9.35. The van der Waals surface area contributed by atoms with Crippen molar-refractivity contribution in [2.75, 3.05) is 5.01 Å². The monoisotopic (exact) mass is 541 g/mol. The van der Waals surface area contributed by atoms with Crippen LogP contribution in [0, 0.1) is 10.5 Å².